The summed E-state index contributed by atoms with van der Waals surface area (Å²) in [6.45, 7) is 1.36. The maximum Gasteiger partial charge on any atom is 0.253 e. The maximum absolute atomic E-state index is 12.1. The summed E-state index contributed by atoms with van der Waals surface area (Å²) in [7, 11) is 3.48. The van der Waals surface area contributed by atoms with Crippen molar-refractivity contribution in [2.24, 2.45) is 0 Å². The molecular weight excluding hydrogens is 392 g/mol. The number of hydrogen-bond acceptors (Lipinski definition) is 6. The van der Waals surface area contributed by atoms with Crippen molar-refractivity contribution in [3.63, 3.8) is 0 Å². The fraction of sp³-hybridized carbons (Fsp3) is 0.217. The number of hydrogen-bond donors (Lipinski definition) is 1. The van der Waals surface area contributed by atoms with Gasteiger partial charge in [-0.05, 0) is 29.3 Å². The summed E-state index contributed by atoms with van der Waals surface area (Å²) in [5.41, 5.74) is 5.55. The van der Waals surface area contributed by atoms with Crippen molar-refractivity contribution in [3.8, 4) is 16.9 Å². The lowest BCUT2D eigenvalue weighted by molar-refractivity contribution is 0.0827. The molecular formula is C23H22N6O2. The van der Waals surface area contributed by atoms with E-state index in [2.05, 4.69) is 26.6 Å². The van der Waals surface area contributed by atoms with Crippen molar-refractivity contribution in [3.05, 3.63) is 71.7 Å². The van der Waals surface area contributed by atoms with Crippen LogP contribution in [0.3, 0.4) is 0 Å². The second-order valence-electron chi connectivity index (χ2n) is 7.64. The molecule has 0 saturated carbocycles. The number of amides is 1. The monoisotopic (exact) mass is 414 g/mol. The normalized spacial score (nSPS) is 12.5. The molecule has 1 N–H and O–H groups in total. The molecule has 1 amide bonds. The lowest BCUT2D eigenvalue weighted by Crippen LogP contribution is -2.21. The van der Waals surface area contributed by atoms with Crippen molar-refractivity contribution in [2.45, 2.75) is 13.0 Å². The van der Waals surface area contributed by atoms with Crippen molar-refractivity contribution in [1.82, 2.24) is 24.5 Å². The van der Waals surface area contributed by atoms with Crippen LogP contribution in [0.1, 0.15) is 21.5 Å². The van der Waals surface area contributed by atoms with Gasteiger partial charge in [0.2, 0.25) is 5.95 Å². The quantitative estimate of drug-likeness (QED) is 0.540. The second-order valence-corrected chi connectivity index (χ2v) is 7.64. The summed E-state index contributed by atoms with van der Waals surface area (Å²) in [5, 5.41) is 11.8. The Kier molecular flexibility index (Phi) is 4.74. The maximum atomic E-state index is 12.1. The zero-order valence-electron chi connectivity index (χ0n) is 17.4. The van der Waals surface area contributed by atoms with E-state index in [1.165, 1.54) is 11.1 Å². The van der Waals surface area contributed by atoms with Crippen LogP contribution in [0.2, 0.25) is 0 Å². The molecule has 1 aliphatic heterocycles. The van der Waals surface area contributed by atoms with E-state index in [-0.39, 0.29) is 5.91 Å². The third kappa shape index (κ3) is 3.46. The van der Waals surface area contributed by atoms with E-state index in [1.54, 1.807) is 31.5 Å². The molecule has 0 aliphatic carbocycles. The van der Waals surface area contributed by atoms with Gasteiger partial charge in [-0.3, -0.25) is 9.20 Å². The molecule has 8 nitrogen and oxygen atoms in total. The minimum atomic E-state index is -0.0327. The van der Waals surface area contributed by atoms with Gasteiger partial charge in [0.15, 0.2) is 5.65 Å². The SMILES string of the molecule is CN(C)C(=O)c1ccc(-c2cnc(NCc3cccc4c3CCO4)n3cnnc23)cc1. The second kappa shape index (κ2) is 7.71. The minimum Gasteiger partial charge on any atom is -0.493 e. The molecule has 156 valence electrons. The van der Waals surface area contributed by atoms with Crippen molar-refractivity contribution in [2.75, 3.05) is 26.0 Å². The van der Waals surface area contributed by atoms with Crippen LogP contribution in [0, 0.1) is 0 Å². The topological polar surface area (TPSA) is 84.7 Å². The van der Waals surface area contributed by atoms with Gasteiger partial charge in [-0.25, -0.2) is 4.98 Å². The Labute approximate surface area is 179 Å². The molecule has 0 saturated heterocycles. The lowest BCUT2D eigenvalue weighted by atomic mass is 10.1. The zero-order valence-corrected chi connectivity index (χ0v) is 17.4. The van der Waals surface area contributed by atoms with E-state index in [0.717, 1.165) is 29.9 Å². The summed E-state index contributed by atoms with van der Waals surface area (Å²) in [5.74, 6) is 1.60. The summed E-state index contributed by atoms with van der Waals surface area (Å²) < 4.78 is 7.50. The van der Waals surface area contributed by atoms with Crippen LogP contribution < -0.4 is 10.1 Å². The summed E-state index contributed by atoms with van der Waals surface area (Å²) in [6.07, 6.45) is 4.36. The summed E-state index contributed by atoms with van der Waals surface area (Å²) >= 11 is 0. The fourth-order valence-electron chi connectivity index (χ4n) is 3.84. The number of benzene rings is 2. The lowest BCUT2D eigenvalue weighted by Gasteiger charge is -2.12. The number of fused-ring (bicyclic) bond motifs is 2. The molecule has 0 fully saturated rings. The summed E-state index contributed by atoms with van der Waals surface area (Å²) in [6, 6.07) is 13.6. The Hall–Kier alpha value is -3.94. The van der Waals surface area contributed by atoms with Gasteiger partial charge in [0.1, 0.15) is 12.1 Å². The van der Waals surface area contributed by atoms with Crippen molar-refractivity contribution < 1.29 is 9.53 Å². The smallest absolute Gasteiger partial charge is 0.253 e. The number of aromatic nitrogens is 4. The Balaban J connectivity index is 1.42. The third-order valence-corrected chi connectivity index (χ3v) is 5.46. The molecule has 0 bridgehead atoms. The molecule has 0 unspecified atom stereocenters. The molecule has 0 spiro atoms. The van der Waals surface area contributed by atoms with Gasteiger partial charge in [-0.15, -0.1) is 10.2 Å². The first-order valence-corrected chi connectivity index (χ1v) is 10.1. The summed E-state index contributed by atoms with van der Waals surface area (Å²) in [4.78, 5) is 18.3. The van der Waals surface area contributed by atoms with Crippen LogP contribution in [-0.4, -0.2) is 51.1 Å². The number of nitrogens with one attached hydrogen (secondary N) is 1. The molecule has 2 aromatic heterocycles. The highest BCUT2D eigenvalue weighted by Crippen LogP contribution is 2.29. The first kappa shape index (κ1) is 19.0. The minimum absolute atomic E-state index is 0.0327. The average Bonchev–Trinajstić information content (AvgIpc) is 3.47. The van der Waals surface area contributed by atoms with Crippen LogP contribution in [-0.2, 0) is 13.0 Å². The fourth-order valence-corrected chi connectivity index (χ4v) is 3.84. The van der Waals surface area contributed by atoms with Gasteiger partial charge in [0, 0.05) is 49.9 Å². The predicted octanol–water partition coefficient (Wildman–Crippen LogP) is 3.04. The van der Waals surface area contributed by atoms with E-state index >= 15 is 0 Å². The first-order valence-electron chi connectivity index (χ1n) is 10.1. The highest BCUT2D eigenvalue weighted by molar-refractivity contribution is 5.94. The van der Waals surface area contributed by atoms with Crippen LogP contribution in [0.5, 0.6) is 5.75 Å². The van der Waals surface area contributed by atoms with Gasteiger partial charge in [0.25, 0.3) is 5.91 Å². The Morgan fingerprint density at radius 3 is 2.84 bits per heavy atom. The molecule has 8 heteroatoms. The van der Waals surface area contributed by atoms with Crippen LogP contribution in [0.15, 0.2) is 55.0 Å². The van der Waals surface area contributed by atoms with Gasteiger partial charge in [-0.2, -0.15) is 0 Å². The number of carbonyl (C=O) groups is 1. The van der Waals surface area contributed by atoms with E-state index < -0.39 is 0 Å². The van der Waals surface area contributed by atoms with E-state index in [0.29, 0.717) is 23.7 Å². The Morgan fingerprint density at radius 2 is 2.03 bits per heavy atom. The number of anilines is 1. The largest absolute Gasteiger partial charge is 0.493 e. The standard InChI is InChI=1S/C23H22N6O2/c1-28(2)22(30)16-8-6-15(7-9-16)19-13-25-23(29-14-26-27-21(19)29)24-12-17-4-3-5-20-18(17)10-11-31-20/h3-9,13-14H,10-12H2,1-2H3,(H,24,25). The van der Waals surface area contributed by atoms with Crippen molar-refractivity contribution >= 4 is 17.5 Å². The van der Waals surface area contributed by atoms with E-state index in [1.807, 2.05) is 40.8 Å². The van der Waals surface area contributed by atoms with Gasteiger partial charge >= 0.3 is 0 Å². The number of nitrogens with zero attached hydrogens (tertiary/aromatic N) is 5. The van der Waals surface area contributed by atoms with E-state index in [9.17, 15) is 4.79 Å². The van der Waals surface area contributed by atoms with Crippen LogP contribution in [0.25, 0.3) is 16.8 Å². The number of rotatable bonds is 5. The predicted molar refractivity (Wildman–Crippen MR) is 117 cm³/mol. The third-order valence-electron chi connectivity index (χ3n) is 5.46. The van der Waals surface area contributed by atoms with Gasteiger partial charge in [-0.1, -0.05) is 24.3 Å². The first-order chi connectivity index (χ1) is 15.1. The number of ether oxygens (including phenoxy) is 1. The molecule has 3 heterocycles. The highest BCUT2D eigenvalue weighted by atomic mass is 16.5. The van der Waals surface area contributed by atoms with Crippen LogP contribution >= 0.6 is 0 Å². The molecule has 31 heavy (non-hydrogen) atoms. The molecule has 4 aromatic rings. The molecule has 0 atom stereocenters. The molecule has 2 aromatic carbocycles. The Morgan fingerprint density at radius 1 is 1.19 bits per heavy atom. The van der Waals surface area contributed by atoms with E-state index in [4.69, 9.17) is 4.74 Å². The van der Waals surface area contributed by atoms with Crippen LogP contribution in [0.4, 0.5) is 5.95 Å². The molecule has 5 rings (SSSR count). The van der Waals surface area contributed by atoms with Crippen molar-refractivity contribution in [1.29, 1.82) is 0 Å². The number of carbonyl (C=O) groups excluding carboxylic acids is 1. The molecule has 0 radical (unpaired) electrons. The highest BCUT2D eigenvalue weighted by Gasteiger charge is 2.17. The Bertz CT molecular complexity index is 1260. The average molecular weight is 414 g/mol. The zero-order chi connectivity index (χ0) is 21.4. The van der Waals surface area contributed by atoms with Gasteiger partial charge < -0.3 is 15.0 Å². The molecule has 1 aliphatic rings. The van der Waals surface area contributed by atoms with Gasteiger partial charge in [0.05, 0.1) is 6.61 Å².